The average molecular weight is 291 g/mol. The maximum Gasteiger partial charge on any atom is 0.422 e. The van der Waals surface area contributed by atoms with Crippen molar-refractivity contribution < 1.29 is 9.53 Å². The van der Waals surface area contributed by atoms with Crippen molar-refractivity contribution in [2.24, 2.45) is 0 Å². The maximum absolute atomic E-state index is 11.5. The Morgan fingerprint density at radius 1 is 1.19 bits per heavy atom. The van der Waals surface area contributed by atoms with Gasteiger partial charge in [-0.05, 0) is 51.3 Å². The number of nitrogens with one attached hydrogen (secondary N) is 2. The van der Waals surface area contributed by atoms with Crippen molar-refractivity contribution >= 4 is 11.8 Å². The minimum atomic E-state index is -0.483. The normalized spacial score (nSPS) is 15.1. The summed E-state index contributed by atoms with van der Waals surface area (Å²) >= 11 is 0. The first kappa shape index (κ1) is 15.6. The van der Waals surface area contributed by atoms with E-state index in [-0.39, 0.29) is 0 Å². The molecule has 0 spiro atoms. The van der Waals surface area contributed by atoms with Gasteiger partial charge in [0.25, 0.3) is 0 Å². The van der Waals surface area contributed by atoms with E-state index in [0.29, 0.717) is 6.54 Å². The zero-order chi connectivity index (χ0) is 15.3. The minimum Gasteiger partial charge on any atom is -0.443 e. The van der Waals surface area contributed by atoms with Crippen molar-refractivity contribution in [2.45, 2.75) is 45.8 Å². The Hall–Kier alpha value is -1.75. The van der Waals surface area contributed by atoms with Gasteiger partial charge >= 0.3 is 6.09 Å². The summed E-state index contributed by atoms with van der Waals surface area (Å²) < 4.78 is 5.14. The van der Waals surface area contributed by atoms with Crippen LogP contribution in [0.1, 0.15) is 39.2 Å². The van der Waals surface area contributed by atoms with Crippen molar-refractivity contribution in [1.29, 1.82) is 0 Å². The number of rotatable bonds is 4. The van der Waals surface area contributed by atoms with E-state index in [2.05, 4.69) is 40.0 Å². The monoisotopic (exact) mass is 291 g/mol. The quantitative estimate of drug-likeness (QED) is 0.838. The smallest absolute Gasteiger partial charge is 0.422 e. The molecule has 1 heterocycles. The van der Waals surface area contributed by atoms with E-state index < -0.39 is 11.7 Å². The van der Waals surface area contributed by atoms with Gasteiger partial charge in [0.15, 0.2) is 0 Å². The molecule has 21 heavy (non-hydrogen) atoms. The summed E-state index contributed by atoms with van der Waals surface area (Å²) in [6.07, 6.45) is 2.10. The number of carbonyl (C=O) groups excluding carboxylic acids is 1. The molecule has 5 heteroatoms. The molecule has 0 atom stereocenters. The highest BCUT2D eigenvalue weighted by Gasteiger charge is 2.15. The van der Waals surface area contributed by atoms with E-state index in [4.69, 9.17) is 4.74 Å². The van der Waals surface area contributed by atoms with Gasteiger partial charge in [-0.25, -0.2) is 10.2 Å². The number of hydrazine groups is 1. The molecule has 1 amide bonds. The van der Waals surface area contributed by atoms with Crippen LogP contribution in [-0.2, 0) is 11.3 Å². The molecular weight excluding hydrogens is 266 g/mol. The van der Waals surface area contributed by atoms with Crippen molar-refractivity contribution in [3.05, 3.63) is 29.8 Å². The molecule has 1 saturated heterocycles. The molecule has 2 N–H and O–H groups in total. The number of hydrogen-bond acceptors (Lipinski definition) is 4. The number of carbonyl (C=O) groups is 1. The molecule has 0 unspecified atom stereocenters. The Labute approximate surface area is 126 Å². The molecule has 0 aliphatic carbocycles. The third-order valence-corrected chi connectivity index (χ3v) is 3.29. The second kappa shape index (κ2) is 6.80. The fourth-order valence-electron chi connectivity index (χ4n) is 2.32. The van der Waals surface area contributed by atoms with Gasteiger partial charge in [0.1, 0.15) is 5.60 Å². The molecule has 1 aliphatic rings. The fourth-order valence-corrected chi connectivity index (χ4v) is 2.32. The summed E-state index contributed by atoms with van der Waals surface area (Å²) in [7, 11) is 0. The molecule has 1 aromatic rings. The van der Waals surface area contributed by atoms with Crippen molar-refractivity contribution in [2.75, 3.05) is 18.0 Å². The Morgan fingerprint density at radius 2 is 1.81 bits per heavy atom. The lowest BCUT2D eigenvalue weighted by Gasteiger charge is -2.20. The predicted octanol–water partition coefficient (Wildman–Crippen LogP) is 2.82. The van der Waals surface area contributed by atoms with Crippen LogP contribution in [0.25, 0.3) is 0 Å². The molecule has 2 rings (SSSR count). The van der Waals surface area contributed by atoms with E-state index in [9.17, 15) is 4.79 Å². The highest BCUT2D eigenvalue weighted by atomic mass is 16.6. The predicted molar refractivity (Wildman–Crippen MR) is 84.1 cm³/mol. The molecule has 0 bridgehead atoms. The summed E-state index contributed by atoms with van der Waals surface area (Å²) in [5.41, 5.74) is 7.32. The molecule has 5 nitrogen and oxygen atoms in total. The van der Waals surface area contributed by atoms with Gasteiger partial charge in [-0.3, -0.25) is 5.43 Å². The summed E-state index contributed by atoms with van der Waals surface area (Å²) in [5, 5.41) is 0. The average Bonchev–Trinajstić information content (AvgIpc) is 2.91. The van der Waals surface area contributed by atoms with E-state index in [1.165, 1.54) is 18.5 Å². The number of benzene rings is 1. The summed E-state index contributed by atoms with van der Waals surface area (Å²) in [6.45, 7) is 8.38. The van der Waals surface area contributed by atoms with Gasteiger partial charge in [-0.15, -0.1) is 0 Å². The number of ether oxygens (including phenoxy) is 1. The van der Waals surface area contributed by atoms with Crippen LogP contribution in [0.3, 0.4) is 0 Å². The summed E-state index contributed by atoms with van der Waals surface area (Å²) in [6, 6.07) is 8.43. The lowest BCUT2D eigenvalue weighted by atomic mass is 10.2. The standard InChI is InChI=1S/C16H25N3O2/c1-16(2,3)21-15(20)18-17-12-13-6-8-14(9-7-13)19-10-4-5-11-19/h6-9,17H,4-5,10-12H2,1-3H3,(H,18,20). The zero-order valence-electron chi connectivity index (χ0n) is 13.1. The lowest BCUT2D eigenvalue weighted by Crippen LogP contribution is -2.40. The molecule has 1 fully saturated rings. The van der Waals surface area contributed by atoms with Gasteiger partial charge in [-0.2, -0.15) is 0 Å². The van der Waals surface area contributed by atoms with Crippen molar-refractivity contribution in [3.63, 3.8) is 0 Å². The van der Waals surface area contributed by atoms with E-state index >= 15 is 0 Å². The van der Waals surface area contributed by atoms with Gasteiger partial charge < -0.3 is 9.64 Å². The Morgan fingerprint density at radius 3 is 2.38 bits per heavy atom. The summed E-state index contributed by atoms with van der Waals surface area (Å²) in [5.74, 6) is 0. The van der Waals surface area contributed by atoms with E-state index in [1.54, 1.807) is 0 Å². The van der Waals surface area contributed by atoms with Crippen molar-refractivity contribution in [3.8, 4) is 0 Å². The number of nitrogens with zero attached hydrogens (tertiary/aromatic N) is 1. The minimum absolute atomic E-state index is 0.462. The van der Waals surface area contributed by atoms with Gasteiger partial charge in [0.2, 0.25) is 0 Å². The van der Waals surface area contributed by atoms with E-state index in [0.717, 1.165) is 18.7 Å². The van der Waals surface area contributed by atoms with Crippen molar-refractivity contribution in [1.82, 2.24) is 10.9 Å². The van der Waals surface area contributed by atoms with Gasteiger partial charge in [0, 0.05) is 25.3 Å². The fraction of sp³-hybridized carbons (Fsp3) is 0.562. The lowest BCUT2D eigenvalue weighted by molar-refractivity contribution is 0.0497. The first-order valence-corrected chi connectivity index (χ1v) is 7.50. The first-order valence-electron chi connectivity index (χ1n) is 7.50. The molecule has 1 aromatic carbocycles. The third kappa shape index (κ3) is 5.27. The van der Waals surface area contributed by atoms with Crippen LogP contribution in [0.15, 0.2) is 24.3 Å². The number of amides is 1. The molecule has 0 radical (unpaired) electrons. The van der Waals surface area contributed by atoms with Gasteiger partial charge in [0.05, 0.1) is 0 Å². The van der Waals surface area contributed by atoms with Crippen LogP contribution < -0.4 is 15.8 Å². The highest BCUT2D eigenvalue weighted by molar-refractivity contribution is 5.67. The molecule has 0 saturated carbocycles. The topological polar surface area (TPSA) is 53.6 Å². The van der Waals surface area contributed by atoms with Crippen LogP contribution in [0.4, 0.5) is 10.5 Å². The zero-order valence-corrected chi connectivity index (χ0v) is 13.1. The second-order valence-corrected chi connectivity index (χ2v) is 6.34. The molecule has 1 aliphatic heterocycles. The van der Waals surface area contributed by atoms with E-state index in [1.807, 2.05) is 20.8 Å². The van der Waals surface area contributed by atoms with Gasteiger partial charge in [-0.1, -0.05) is 12.1 Å². The molecule has 116 valence electrons. The second-order valence-electron chi connectivity index (χ2n) is 6.34. The molecular formula is C16H25N3O2. The van der Waals surface area contributed by atoms with Crippen LogP contribution in [0.5, 0.6) is 0 Å². The SMILES string of the molecule is CC(C)(C)OC(=O)NNCc1ccc(N2CCCC2)cc1. The van der Waals surface area contributed by atoms with Crippen LogP contribution in [0.2, 0.25) is 0 Å². The third-order valence-electron chi connectivity index (χ3n) is 3.29. The van der Waals surface area contributed by atoms with Crippen LogP contribution >= 0.6 is 0 Å². The van der Waals surface area contributed by atoms with Crippen LogP contribution in [-0.4, -0.2) is 24.8 Å². The Balaban J connectivity index is 1.75. The Bertz CT molecular complexity index is 459. The molecule has 0 aromatic heterocycles. The Kier molecular flexibility index (Phi) is 5.07. The van der Waals surface area contributed by atoms with Crippen LogP contribution in [0, 0.1) is 0 Å². The largest absolute Gasteiger partial charge is 0.443 e. The number of hydrogen-bond donors (Lipinski definition) is 2. The first-order chi connectivity index (χ1) is 9.94. The highest BCUT2D eigenvalue weighted by Crippen LogP contribution is 2.20. The maximum atomic E-state index is 11.5. The number of anilines is 1. The summed E-state index contributed by atoms with van der Waals surface area (Å²) in [4.78, 5) is 13.9.